The first-order chi connectivity index (χ1) is 9.56. The molecule has 0 saturated carbocycles. The van der Waals surface area contributed by atoms with E-state index in [-0.39, 0.29) is 18.0 Å². The van der Waals surface area contributed by atoms with Gasteiger partial charge < -0.3 is 9.84 Å². The molecule has 0 bridgehead atoms. The number of aliphatic carboxylic acids is 1. The standard InChI is InChI=1S/C14H15BrFNO3/c15-10-2-1-9(16)5-8(10)7-17-11-3-4-20-13(11)6-12(17)14(18)19/h1-2,5,11-13H,3-4,6-7H2,(H,18,19)/t11-,12?,13-/m0/s1. The van der Waals surface area contributed by atoms with Crippen molar-refractivity contribution in [2.75, 3.05) is 6.61 Å². The molecule has 2 fully saturated rings. The van der Waals surface area contributed by atoms with Crippen molar-refractivity contribution in [1.82, 2.24) is 4.90 Å². The maximum atomic E-state index is 13.4. The summed E-state index contributed by atoms with van der Waals surface area (Å²) in [6, 6.07) is 4.05. The number of nitrogens with zero attached hydrogens (tertiary/aromatic N) is 1. The van der Waals surface area contributed by atoms with Crippen molar-refractivity contribution in [2.24, 2.45) is 0 Å². The lowest BCUT2D eigenvalue weighted by Crippen LogP contribution is -2.40. The van der Waals surface area contributed by atoms with Crippen LogP contribution in [-0.2, 0) is 16.1 Å². The first-order valence-corrected chi connectivity index (χ1v) is 7.39. The molecular weight excluding hydrogens is 329 g/mol. The van der Waals surface area contributed by atoms with Gasteiger partial charge in [0.2, 0.25) is 0 Å². The van der Waals surface area contributed by atoms with Gasteiger partial charge in [-0.05, 0) is 30.2 Å². The van der Waals surface area contributed by atoms with Crippen LogP contribution in [0.15, 0.2) is 22.7 Å². The van der Waals surface area contributed by atoms with Crippen LogP contribution in [0.4, 0.5) is 4.39 Å². The average Bonchev–Trinajstić information content (AvgIpc) is 2.96. The zero-order valence-electron chi connectivity index (χ0n) is 10.8. The first kappa shape index (κ1) is 14.0. The molecule has 0 radical (unpaired) electrons. The van der Waals surface area contributed by atoms with Crippen molar-refractivity contribution < 1.29 is 19.0 Å². The van der Waals surface area contributed by atoms with Crippen LogP contribution in [0.5, 0.6) is 0 Å². The molecule has 2 heterocycles. The van der Waals surface area contributed by atoms with Gasteiger partial charge in [-0.15, -0.1) is 0 Å². The van der Waals surface area contributed by atoms with E-state index in [0.29, 0.717) is 19.6 Å². The van der Waals surface area contributed by atoms with Crippen LogP contribution in [-0.4, -0.2) is 40.8 Å². The summed E-state index contributed by atoms with van der Waals surface area (Å²) >= 11 is 3.40. The lowest BCUT2D eigenvalue weighted by molar-refractivity contribution is -0.143. The van der Waals surface area contributed by atoms with Gasteiger partial charge >= 0.3 is 5.97 Å². The van der Waals surface area contributed by atoms with E-state index in [0.717, 1.165) is 16.5 Å². The Balaban J connectivity index is 1.86. The van der Waals surface area contributed by atoms with E-state index in [1.807, 2.05) is 4.90 Å². The predicted molar refractivity (Wildman–Crippen MR) is 73.8 cm³/mol. The van der Waals surface area contributed by atoms with Gasteiger partial charge in [-0.25, -0.2) is 4.39 Å². The number of likely N-dealkylation sites (tertiary alicyclic amines) is 1. The van der Waals surface area contributed by atoms with Crippen LogP contribution in [0.25, 0.3) is 0 Å². The minimum Gasteiger partial charge on any atom is -0.480 e. The number of carboxylic acids is 1. The summed E-state index contributed by atoms with van der Waals surface area (Å²) in [4.78, 5) is 13.3. The van der Waals surface area contributed by atoms with E-state index < -0.39 is 12.0 Å². The van der Waals surface area contributed by atoms with E-state index in [9.17, 15) is 14.3 Å². The number of ether oxygens (including phenoxy) is 1. The average molecular weight is 344 g/mol. The highest BCUT2D eigenvalue weighted by Crippen LogP contribution is 2.35. The van der Waals surface area contributed by atoms with Crippen molar-refractivity contribution in [3.8, 4) is 0 Å². The molecule has 2 aliphatic heterocycles. The third-order valence-electron chi connectivity index (χ3n) is 4.10. The molecule has 0 aliphatic carbocycles. The molecule has 3 atom stereocenters. The van der Waals surface area contributed by atoms with Crippen LogP contribution in [0, 0.1) is 5.82 Å². The molecular formula is C14H15BrFNO3. The van der Waals surface area contributed by atoms with Crippen molar-refractivity contribution in [1.29, 1.82) is 0 Å². The van der Waals surface area contributed by atoms with Gasteiger partial charge in [-0.2, -0.15) is 0 Å². The van der Waals surface area contributed by atoms with Gasteiger partial charge in [0.15, 0.2) is 0 Å². The van der Waals surface area contributed by atoms with Crippen LogP contribution in [0.3, 0.4) is 0 Å². The molecule has 0 spiro atoms. The summed E-state index contributed by atoms with van der Waals surface area (Å²) in [5.74, 6) is -1.15. The number of benzene rings is 1. The van der Waals surface area contributed by atoms with E-state index in [1.54, 1.807) is 6.07 Å². The van der Waals surface area contributed by atoms with E-state index in [4.69, 9.17) is 4.74 Å². The Morgan fingerprint density at radius 3 is 3.10 bits per heavy atom. The predicted octanol–water partition coefficient (Wildman–Crippen LogP) is 2.40. The number of carboxylic acid groups (broad SMARTS) is 1. The summed E-state index contributed by atoms with van der Waals surface area (Å²) in [7, 11) is 0. The molecule has 1 aromatic carbocycles. The van der Waals surface area contributed by atoms with Crippen LogP contribution < -0.4 is 0 Å². The van der Waals surface area contributed by atoms with E-state index in [1.165, 1.54) is 12.1 Å². The Hall–Kier alpha value is -0.980. The van der Waals surface area contributed by atoms with Crippen molar-refractivity contribution in [2.45, 2.75) is 37.6 Å². The lowest BCUT2D eigenvalue weighted by Gasteiger charge is -2.26. The molecule has 1 aromatic rings. The smallest absolute Gasteiger partial charge is 0.321 e. The molecule has 20 heavy (non-hydrogen) atoms. The number of hydrogen-bond donors (Lipinski definition) is 1. The fourth-order valence-electron chi connectivity index (χ4n) is 3.16. The van der Waals surface area contributed by atoms with Crippen molar-refractivity contribution in [3.05, 3.63) is 34.1 Å². The molecule has 2 saturated heterocycles. The second-order valence-electron chi connectivity index (χ2n) is 5.26. The highest BCUT2D eigenvalue weighted by atomic mass is 79.9. The number of rotatable bonds is 3. The molecule has 6 heteroatoms. The third-order valence-corrected chi connectivity index (χ3v) is 4.88. The molecule has 4 nitrogen and oxygen atoms in total. The maximum Gasteiger partial charge on any atom is 0.321 e. The number of fused-ring (bicyclic) bond motifs is 1. The topological polar surface area (TPSA) is 49.8 Å². The quantitative estimate of drug-likeness (QED) is 0.915. The SMILES string of the molecule is O=C(O)C1C[C@@H]2OCC[C@@H]2N1Cc1cc(F)ccc1Br. The highest BCUT2D eigenvalue weighted by Gasteiger charge is 2.47. The normalized spacial score (nSPS) is 29.6. The fraction of sp³-hybridized carbons (Fsp3) is 0.500. The summed E-state index contributed by atoms with van der Waals surface area (Å²) in [5.41, 5.74) is 0.767. The Bertz CT molecular complexity index is 539. The van der Waals surface area contributed by atoms with Crippen molar-refractivity contribution in [3.63, 3.8) is 0 Å². The monoisotopic (exact) mass is 343 g/mol. The zero-order chi connectivity index (χ0) is 14.3. The number of carbonyl (C=O) groups is 1. The number of halogens is 2. The molecule has 1 N–H and O–H groups in total. The maximum absolute atomic E-state index is 13.4. The largest absolute Gasteiger partial charge is 0.480 e. The fourth-order valence-corrected chi connectivity index (χ4v) is 3.53. The highest BCUT2D eigenvalue weighted by molar-refractivity contribution is 9.10. The summed E-state index contributed by atoms with van der Waals surface area (Å²) < 4.78 is 19.7. The van der Waals surface area contributed by atoms with Gasteiger partial charge in [-0.1, -0.05) is 15.9 Å². The molecule has 108 valence electrons. The first-order valence-electron chi connectivity index (χ1n) is 6.60. The molecule has 1 unspecified atom stereocenters. The molecule has 0 amide bonds. The minimum absolute atomic E-state index is 0.0107. The van der Waals surface area contributed by atoms with Gasteiger partial charge in [0, 0.05) is 30.1 Å². The van der Waals surface area contributed by atoms with Gasteiger partial charge in [0.1, 0.15) is 11.9 Å². The van der Waals surface area contributed by atoms with E-state index in [2.05, 4.69) is 15.9 Å². The lowest BCUT2D eigenvalue weighted by atomic mass is 10.1. The minimum atomic E-state index is -0.837. The Labute approximate surface area is 124 Å². The molecule has 0 aromatic heterocycles. The summed E-state index contributed by atoms with van der Waals surface area (Å²) in [6.07, 6.45) is 1.33. The second kappa shape index (κ2) is 5.42. The number of hydrogen-bond acceptors (Lipinski definition) is 3. The van der Waals surface area contributed by atoms with Crippen LogP contribution in [0.2, 0.25) is 0 Å². The summed E-state index contributed by atoms with van der Waals surface area (Å²) in [5, 5.41) is 9.36. The second-order valence-corrected chi connectivity index (χ2v) is 6.12. The summed E-state index contributed by atoms with van der Waals surface area (Å²) in [6.45, 7) is 1.09. The van der Waals surface area contributed by atoms with Gasteiger partial charge in [0.25, 0.3) is 0 Å². The Morgan fingerprint density at radius 2 is 2.35 bits per heavy atom. The zero-order valence-corrected chi connectivity index (χ0v) is 12.3. The van der Waals surface area contributed by atoms with Gasteiger partial charge in [0.05, 0.1) is 6.10 Å². The van der Waals surface area contributed by atoms with Crippen LogP contribution in [0.1, 0.15) is 18.4 Å². The van der Waals surface area contributed by atoms with E-state index >= 15 is 0 Å². The van der Waals surface area contributed by atoms with Crippen LogP contribution >= 0.6 is 15.9 Å². The van der Waals surface area contributed by atoms with Gasteiger partial charge in [-0.3, -0.25) is 9.69 Å². The van der Waals surface area contributed by atoms with Crippen molar-refractivity contribution >= 4 is 21.9 Å². The molecule has 2 aliphatic rings. The Morgan fingerprint density at radius 1 is 1.55 bits per heavy atom. The molecule has 3 rings (SSSR count). The Kier molecular flexibility index (Phi) is 3.79. The third kappa shape index (κ3) is 2.47.